The molecule has 2 unspecified atom stereocenters. The van der Waals surface area contributed by atoms with Gasteiger partial charge in [-0.2, -0.15) is 0 Å². The van der Waals surface area contributed by atoms with Crippen molar-refractivity contribution < 1.29 is 4.74 Å². The van der Waals surface area contributed by atoms with E-state index in [1.807, 2.05) is 11.3 Å². The molecule has 0 radical (unpaired) electrons. The van der Waals surface area contributed by atoms with Gasteiger partial charge < -0.3 is 4.74 Å². The Morgan fingerprint density at radius 1 is 1.57 bits per heavy atom. The van der Waals surface area contributed by atoms with E-state index in [0.29, 0.717) is 17.9 Å². The van der Waals surface area contributed by atoms with Gasteiger partial charge in [0.05, 0.1) is 12.7 Å². The third-order valence-corrected chi connectivity index (χ3v) is 4.10. The van der Waals surface area contributed by atoms with Gasteiger partial charge in [0.2, 0.25) is 0 Å². The summed E-state index contributed by atoms with van der Waals surface area (Å²) in [5.41, 5.74) is 1.54. The molecule has 1 aromatic heterocycles. The molecule has 14 heavy (non-hydrogen) atoms. The monoisotopic (exact) mass is 210 g/mol. The Bertz CT molecular complexity index is 303. The standard InChI is InChI=1S/C12H18OS/c1-4-11-12-9(5-6-14-12)10(7-13-11)8(2)3/h5-6,8,10-11H,4,7H2,1-3H3. The minimum atomic E-state index is 0.361. The van der Waals surface area contributed by atoms with Crippen molar-refractivity contribution in [1.29, 1.82) is 0 Å². The fraction of sp³-hybridized carbons (Fsp3) is 0.667. The summed E-state index contributed by atoms with van der Waals surface area (Å²) in [5.74, 6) is 1.29. The molecule has 0 aromatic carbocycles. The largest absolute Gasteiger partial charge is 0.372 e. The van der Waals surface area contributed by atoms with Crippen LogP contribution in [0.25, 0.3) is 0 Å². The predicted molar refractivity (Wildman–Crippen MR) is 60.9 cm³/mol. The van der Waals surface area contributed by atoms with Crippen LogP contribution in [0.5, 0.6) is 0 Å². The summed E-state index contributed by atoms with van der Waals surface area (Å²) in [6, 6.07) is 2.29. The molecule has 1 aromatic rings. The van der Waals surface area contributed by atoms with Crippen LogP contribution in [0.3, 0.4) is 0 Å². The average Bonchev–Trinajstić information content (AvgIpc) is 2.64. The van der Waals surface area contributed by atoms with Crippen molar-refractivity contribution in [2.75, 3.05) is 6.61 Å². The first-order chi connectivity index (χ1) is 6.74. The second-order valence-corrected chi connectivity index (χ2v) is 5.27. The molecule has 0 bridgehead atoms. The van der Waals surface area contributed by atoms with E-state index < -0.39 is 0 Å². The number of hydrogen-bond acceptors (Lipinski definition) is 2. The molecule has 0 fully saturated rings. The zero-order valence-electron chi connectivity index (χ0n) is 9.12. The molecule has 2 heteroatoms. The van der Waals surface area contributed by atoms with Crippen molar-refractivity contribution in [2.24, 2.45) is 5.92 Å². The molecule has 78 valence electrons. The van der Waals surface area contributed by atoms with Crippen LogP contribution in [0.15, 0.2) is 11.4 Å². The molecule has 2 atom stereocenters. The summed E-state index contributed by atoms with van der Waals surface area (Å²) in [5, 5.41) is 2.21. The molecular weight excluding hydrogens is 192 g/mol. The van der Waals surface area contributed by atoms with E-state index in [1.54, 1.807) is 5.56 Å². The highest BCUT2D eigenvalue weighted by Gasteiger charge is 2.29. The van der Waals surface area contributed by atoms with E-state index in [9.17, 15) is 0 Å². The molecule has 0 N–H and O–H groups in total. The van der Waals surface area contributed by atoms with Gasteiger partial charge >= 0.3 is 0 Å². The molecule has 2 rings (SSSR count). The molecular formula is C12H18OS. The highest BCUT2D eigenvalue weighted by molar-refractivity contribution is 7.10. The maximum Gasteiger partial charge on any atom is 0.0917 e. The highest BCUT2D eigenvalue weighted by atomic mass is 32.1. The molecule has 0 saturated carbocycles. The number of fused-ring (bicyclic) bond motifs is 1. The summed E-state index contributed by atoms with van der Waals surface area (Å²) in [7, 11) is 0. The van der Waals surface area contributed by atoms with Crippen molar-refractivity contribution in [3.8, 4) is 0 Å². The van der Waals surface area contributed by atoms with Gasteiger partial charge in [-0.3, -0.25) is 0 Å². The van der Waals surface area contributed by atoms with Gasteiger partial charge in [0.25, 0.3) is 0 Å². The zero-order valence-corrected chi connectivity index (χ0v) is 9.93. The van der Waals surface area contributed by atoms with Crippen LogP contribution in [-0.2, 0) is 4.74 Å². The minimum absolute atomic E-state index is 0.361. The van der Waals surface area contributed by atoms with E-state index in [-0.39, 0.29) is 0 Å². The quantitative estimate of drug-likeness (QED) is 0.717. The van der Waals surface area contributed by atoms with Gasteiger partial charge in [-0.1, -0.05) is 20.8 Å². The Kier molecular flexibility index (Phi) is 2.93. The van der Waals surface area contributed by atoms with Gasteiger partial charge in [0.1, 0.15) is 0 Å². The van der Waals surface area contributed by atoms with Crippen molar-refractivity contribution in [3.63, 3.8) is 0 Å². The van der Waals surface area contributed by atoms with Gasteiger partial charge in [-0.25, -0.2) is 0 Å². The van der Waals surface area contributed by atoms with Gasteiger partial charge in [-0.05, 0) is 29.3 Å². The Balaban J connectivity index is 2.32. The van der Waals surface area contributed by atoms with E-state index in [4.69, 9.17) is 4.74 Å². The summed E-state index contributed by atoms with van der Waals surface area (Å²) in [6.07, 6.45) is 1.46. The third kappa shape index (κ3) is 1.61. The molecule has 0 amide bonds. The first-order valence-corrected chi connectivity index (χ1v) is 6.30. The Hall–Kier alpha value is -0.340. The molecule has 0 saturated heterocycles. The van der Waals surface area contributed by atoms with Crippen LogP contribution in [0.4, 0.5) is 0 Å². The van der Waals surface area contributed by atoms with Crippen LogP contribution < -0.4 is 0 Å². The van der Waals surface area contributed by atoms with Crippen LogP contribution in [0, 0.1) is 5.92 Å². The Morgan fingerprint density at radius 3 is 3.00 bits per heavy atom. The maximum atomic E-state index is 5.90. The number of rotatable bonds is 2. The van der Waals surface area contributed by atoms with Crippen LogP contribution in [0.1, 0.15) is 49.7 Å². The molecule has 2 heterocycles. The first-order valence-electron chi connectivity index (χ1n) is 5.43. The van der Waals surface area contributed by atoms with Crippen molar-refractivity contribution in [3.05, 3.63) is 21.9 Å². The van der Waals surface area contributed by atoms with Crippen molar-refractivity contribution in [1.82, 2.24) is 0 Å². The van der Waals surface area contributed by atoms with Gasteiger partial charge in [0, 0.05) is 10.8 Å². The smallest absolute Gasteiger partial charge is 0.0917 e. The number of ether oxygens (including phenoxy) is 1. The van der Waals surface area contributed by atoms with E-state index in [0.717, 1.165) is 13.0 Å². The van der Waals surface area contributed by atoms with Crippen LogP contribution in [0.2, 0.25) is 0 Å². The van der Waals surface area contributed by atoms with Crippen LogP contribution in [-0.4, -0.2) is 6.61 Å². The zero-order chi connectivity index (χ0) is 10.1. The summed E-state index contributed by atoms with van der Waals surface area (Å²) >= 11 is 1.85. The lowest BCUT2D eigenvalue weighted by atomic mass is 9.86. The lowest BCUT2D eigenvalue weighted by Crippen LogP contribution is -2.22. The number of thiophene rings is 1. The maximum absolute atomic E-state index is 5.90. The Morgan fingerprint density at radius 2 is 2.36 bits per heavy atom. The summed E-state index contributed by atoms with van der Waals surface area (Å²) < 4.78 is 5.90. The minimum Gasteiger partial charge on any atom is -0.372 e. The second kappa shape index (κ2) is 4.03. The molecule has 1 aliphatic heterocycles. The third-order valence-electron chi connectivity index (χ3n) is 3.07. The van der Waals surface area contributed by atoms with E-state index >= 15 is 0 Å². The predicted octanol–water partition coefficient (Wildman–Crippen LogP) is 3.97. The highest BCUT2D eigenvalue weighted by Crippen LogP contribution is 2.41. The molecule has 0 spiro atoms. The second-order valence-electron chi connectivity index (χ2n) is 4.32. The lowest BCUT2D eigenvalue weighted by molar-refractivity contribution is 0.0202. The van der Waals surface area contributed by atoms with Crippen molar-refractivity contribution in [2.45, 2.75) is 39.2 Å². The molecule has 1 aliphatic rings. The lowest BCUT2D eigenvalue weighted by Gasteiger charge is -2.31. The van der Waals surface area contributed by atoms with Crippen LogP contribution >= 0.6 is 11.3 Å². The number of hydrogen-bond donors (Lipinski definition) is 0. The first kappa shape index (κ1) is 10.2. The fourth-order valence-corrected chi connectivity index (χ4v) is 3.24. The normalized spacial score (nSPS) is 26.6. The molecule has 1 nitrogen and oxygen atoms in total. The van der Waals surface area contributed by atoms with E-state index in [2.05, 4.69) is 32.2 Å². The Labute approximate surface area is 90.1 Å². The average molecular weight is 210 g/mol. The molecule has 0 aliphatic carbocycles. The topological polar surface area (TPSA) is 9.23 Å². The SMILES string of the molecule is CCC1OCC(C(C)C)c2ccsc21. The van der Waals surface area contributed by atoms with Gasteiger partial charge in [-0.15, -0.1) is 11.3 Å². The summed E-state index contributed by atoms with van der Waals surface area (Å²) in [6.45, 7) is 7.66. The van der Waals surface area contributed by atoms with Crippen molar-refractivity contribution >= 4 is 11.3 Å². The summed E-state index contributed by atoms with van der Waals surface area (Å²) in [4.78, 5) is 1.47. The fourth-order valence-electron chi connectivity index (χ4n) is 2.14. The van der Waals surface area contributed by atoms with E-state index in [1.165, 1.54) is 4.88 Å². The van der Waals surface area contributed by atoms with Gasteiger partial charge in [0.15, 0.2) is 0 Å².